The summed E-state index contributed by atoms with van der Waals surface area (Å²) in [4.78, 5) is 9.46. The molecule has 0 aliphatic carbocycles. The molecule has 0 spiro atoms. The average Bonchev–Trinajstić information content (AvgIpc) is 3.00. The van der Waals surface area contributed by atoms with Crippen LogP contribution in [-0.2, 0) is 13.2 Å². The summed E-state index contributed by atoms with van der Waals surface area (Å²) >= 11 is 0. The van der Waals surface area contributed by atoms with Crippen molar-refractivity contribution in [3.63, 3.8) is 0 Å². The predicted molar refractivity (Wildman–Crippen MR) is 150 cm³/mol. The van der Waals surface area contributed by atoms with Gasteiger partial charge in [0.2, 0.25) is 11.8 Å². The zero-order valence-electron chi connectivity index (χ0n) is 21.4. The van der Waals surface area contributed by atoms with Gasteiger partial charge in [-0.3, -0.25) is 0 Å². The summed E-state index contributed by atoms with van der Waals surface area (Å²) < 4.78 is 18.6. The minimum atomic E-state index is 0.418. The summed E-state index contributed by atoms with van der Waals surface area (Å²) in [5.41, 5.74) is 5.23. The molecule has 194 valence electrons. The second-order valence-corrected chi connectivity index (χ2v) is 9.38. The van der Waals surface area contributed by atoms with Gasteiger partial charge in [-0.05, 0) is 29.3 Å². The van der Waals surface area contributed by atoms with Crippen molar-refractivity contribution < 1.29 is 14.2 Å². The Bertz CT molecular complexity index is 1340. The lowest BCUT2D eigenvalue weighted by Crippen LogP contribution is -2.44. The van der Waals surface area contributed by atoms with E-state index in [0.29, 0.717) is 38.1 Å². The van der Waals surface area contributed by atoms with E-state index >= 15 is 0 Å². The smallest absolute Gasteiger partial charge is 0.241 e. The van der Waals surface area contributed by atoms with Crippen LogP contribution in [0.5, 0.6) is 17.5 Å². The van der Waals surface area contributed by atoms with Gasteiger partial charge in [0.05, 0.1) is 17.9 Å². The Hall–Kier alpha value is -4.23. The van der Waals surface area contributed by atoms with E-state index in [1.54, 1.807) is 0 Å². The highest BCUT2D eigenvalue weighted by Crippen LogP contribution is 2.45. The fourth-order valence-electron chi connectivity index (χ4n) is 4.90. The summed E-state index contributed by atoms with van der Waals surface area (Å²) in [7, 11) is 0. The third-order valence-electron chi connectivity index (χ3n) is 6.84. The molecule has 2 aliphatic heterocycles. The molecule has 7 heteroatoms. The summed E-state index contributed by atoms with van der Waals surface area (Å²) in [5.74, 6) is 1.99. The second-order valence-electron chi connectivity index (χ2n) is 9.38. The first kappa shape index (κ1) is 24.1. The van der Waals surface area contributed by atoms with Gasteiger partial charge < -0.3 is 29.3 Å². The number of benzene rings is 3. The van der Waals surface area contributed by atoms with E-state index in [0.717, 1.165) is 60.1 Å². The molecule has 1 N–H and O–H groups in total. The Labute approximate surface area is 223 Å². The van der Waals surface area contributed by atoms with Gasteiger partial charge in [-0.25, -0.2) is 0 Å². The number of aromatic nitrogens is 1. The van der Waals surface area contributed by atoms with Gasteiger partial charge in [-0.1, -0.05) is 66.7 Å². The molecular formula is C31H32N4O3. The minimum Gasteiger partial charge on any atom is -0.487 e. The maximum absolute atomic E-state index is 6.34. The number of anilines is 3. The zero-order chi connectivity index (χ0) is 25.6. The van der Waals surface area contributed by atoms with Crippen LogP contribution in [0.15, 0.2) is 91.0 Å². The standard InChI is InChI=1S/C31H32N4O3/c1-3-8-24(9-4-1)22-37-29-15-14-28(31(33-29)38-23-25-10-5-2-6-11-25)35-20-21-36-30-26(12-7-13-27(30)35)34-18-16-32-17-19-34/h1-15,32H,16-23H2. The van der Waals surface area contributed by atoms with Crippen molar-refractivity contribution in [2.24, 2.45) is 0 Å². The van der Waals surface area contributed by atoms with Gasteiger partial charge >= 0.3 is 0 Å². The van der Waals surface area contributed by atoms with Crippen molar-refractivity contribution in [1.29, 1.82) is 0 Å². The molecule has 0 saturated carbocycles. The molecule has 3 aromatic carbocycles. The fraction of sp³-hybridized carbons (Fsp3) is 0.258. The number of nitrogens with zero attached hydrogens (tertiary/aromatic N) is 3. The maximum Gasteiger partial charge on any atom is 0.241 e. The molecule has 4 aromatic rings. The molecule has 0 amide bonds. The number of para-hydroxylation sites is 1. The number of hydrogen-bond acceptors (Lipinski definition) is 7. The summed E-state index contributed by atoms with van der Waals surface area (Å²) in [5, 5.41) is 3.43. The highest BCUT2D eigenvalue weighted by atomic mass is 16.5. The van der Waals surface area contributed by atoms with Gasteiger partial charge in [-0.15, -0.1) is 0 Å². The Morgan fingerprint density at radius 1 is 0.684 bits per heavy atom. The summed E-state index contributed by atoms with van der Waals surface area (Å²) in [6.45, 7) is 6.01. The normalized spacial score (nSPS) is 14.9. The first-order chi connectivity index (χ1) is 18.8. The van der Waals surface area contributed by atoms with E-state index in [1.807, 2.05) is 60.7 Å². The molecule has 7 nitrogen and oxygen atoms in total. The van der Waals surface area contributed by atoms with Gasteiger partial charge in [0, 0.05) is 32.2 Å². The zero-order valence-corrected chi connectivity index (χ0v) is 21.4. The third-order valence-corrected chi connectivity index (χ3v) is 6.84. The predicted octanol–water partition coefficient (Wildman–Crippen LogP) is 5.18. The van der Waals surface area contributed by atoms with Crippen LogP contribution in [0.1, 0.15) is 11.1 Å². The Morgan fingerprint density at radius 2 is 1.37 bits per heavy atom. The molecule has 0 unspecified atom stereocenters. The molecule has 1 fully saturated rings. The van der Waals surface area contributed by atoms with Gasteiger partial charge in [0.1, 0.15) is 25.5 Å². The molecule has 6 rings (SSSR count). The number of piperazine rings is 1. The molecule has 1 aromatic heterocycles. The van der Waals surface area contributed by atoms with E-state index in [4.69, 9.17) is 19.2 Å². The van der Waals surface area contributed by atoms with Crippen molar-refractivity contribution in [3.8, 4) is 17.5 Å². The molecule has 1 saturated heterocycles. The Balaban J connectivity index is 1.31. The van der Waals surface area contributed by atoms with Crippen LogP contribution >= 0.6 is 0 Å². The van der Waals surface area contributed by atoms with Crippen LogP contribution in [-0.4, -0.2) is 44.3 Å². The lowest BCUT2D eigenvalue weighted by Gasteiger charge is -2.36. The topological polar surface area (TPSA) is 59.1 Å². The van der Waals surface area contributed by atoms with Crippen LogP contribution in [0.4, 0.5) is 17.1 Å². The lowest BCUT2D eigenvalue weighted by atomic mass is 10.1. The molecule has 0 radical (unpaired) electrons. The van der Waals surface area contributed by atoms with Crippen LogP contribution in [0.2, 0.25) is 0 Å². The lowest BCUT2D eigenvalue weighted by molar-refractivity contribution is 0.267. The Morgan fingerprint density at radius 3 is 2.11 bits per heavy atom. The fourth-order valence-corrected chi connectivity index (χ4v) is 4.90. The van der Waals surface area contributed by atoms with E-state index in [1.165, 1.54) is 0 Å². The third kappa shape index (κ3) is 5.38. The molecule has 38 heavy (non-hydrogen) atoms. The minimum absolute atomic E-state index is 0.418. The van der Waals surface area contributed by atoms with E-state index in [-0.39, 0.29) is 0 Å². The SMILES string of the molecule is c1ccc(COc2ccc(N3CCOc4c(N5CCNCC5)cccc43)c(OCc3ccccc3)n2)cc1. The van der Waals surface area contributed by atoms with Crippen molar-refractivity contribution in [2.75, 3.05) is 49.1 Å². The van der Waals surface area contributed by atoms with Gasteiger partial charge in [-0.2, -0.15) is 4.98 Å². The monoisotopic (exact) mass is 508 g/mol. The Kier molecular flexibility index (Phi) is 7.26. The van der Waals surface area contributed by atoms with Gasteiger partial charge in [0.15, 0.2) is 5.75 Å². The quantitative estimate of drug-likeness (QED) is 0.352. The number of nitrogens with one attached hydrogen (secondary N) is 1. The molecule has 2 aliphatic rings. The van der Waals surface area contributed by atoms with Crippen molar-refractivity contribution >= 4 is 17.1 Å². The van der Waals surface area contributed by atoms with Crippen LogP contribution in [0, 0.1) is 0 Å². The van der Waals surface area contributed by atoms with Crippen molar-refractivity contribution in [2.45, 2.75) is 13.2 Å². The first-order valence-corrected chi connectivity index (χ1v) is 13.2. The molecule has 3 heterocycles. The number of rotatable bonds is 8. The molecule has 0 atom stereocenters. The average molecular weight is 509 g/mol. The molecular weight excluding hydrogens is 476 g/mol. The van der Waals surface area contributed by atoms with Crippen molar-refractivity contribution in [3.05, 3.63) is 102 Å². The number of hydrogen-bond donors (Lipinski definition) is 1. The van der Waals surface area contributed by atoms with Gasteiger partial charge in [0.25, 0.3) is 0 Å². The number of fused-ring (bicyclic) bond motifs is 1. The summed E-state index contributed by atoms with van der Waals surface area (Å²) in [6, 6.07) is 30.6. The van der Waals surface area contributed by atoms with Crippen LogP contribution < -0.4 is 29.3 Å². The largest absolute Gasteiger partial charge is 0.487 e. The second kappa shape index (κ2) is 11.4. The van der Waals surface area contributed by atoms with E-state index < -0.39 is 0 Å². The van der Waals surface area contributed by atoms with Crippen molar-refractivity contribution in [1.82, 2.24) is 10.3 Å². The highest BCUT2D eigenvalue weighted by Gasteiger charge is 2.27. The first-order valence-electron chi connectivity index (χ1n) is 13.2. The number of pyridine rings is 1. The summed E-state index contributed by atoms with van der Waals surface area (Å²) in [6.07, 6.45) is 0. The molecule has 0 bridgehead atoms. The maximum atomic E-state index is 6.34. The van der Waals surface area contributed by atoms with E-state index in [9.17, 15) is 0 Å². The van der Waals surface area contributed by atoms with E-state index in [2.05, 4.69) is 45.4 Å². The highest BCUT2D eigenvalue weighted by molar-refractivity contribution is 5.80. The van der Waals surface area contributed by atoms with Crippen LogP contribution in [0.25, 0.3) is 0 Å². The van der Waals surface area contributed by atoms with Crippen LogP contribution in [0.3, 0.4) is 0 Å². The number of ether oxygens (including phenoxy) is 3.